The zero-order valence-corrected chi connectivity index (χ0v) is 18.1. The van der Waals surface area contributed by atoms with Gasteiger partial charge in [0.05, 0.1) is 21.8 Å². The molecule has 0 bridgehead atoms. The van der Waals surface area contributed by atoms with Crippen molar-refractivity contribution in [3.05, 3.63) is 55.8 Å². The number of aliphatic imine (C=N–C) groups is 1. The van der Waals surface area contributed by atoms with Crippen molar-refractivity contribution in [1.82, 2.24) is 9.47 Å². The number of carboxylic acid groups (broad SMARTS) is 1. The van der Waals surface area contributed by atoms with Crippen LogP contribution in [0.5, 0.6) is 5.88 Å². The summed E-state index contributed by atoms with van der Waals surface area (Å²) >= 11 is 6.10. The summed E-state index contributed by atoms with van der Waals surface area (Å²) in [6.45, 7) is 2.75. The quantitative estimate of drug-likeness (QED) is 0.615. The summed E-state index contributed by atoms with van der Waals surface area (Å²) in [6, 6.07) is 5.88. The summed E-state index contributed by atoms with van der Waals surface area (Å²) in [6.07, 6.45) is 2.99. The zero-order valence-electron chi connectivity index (χ0n) is 17.3. The number of rotatable bonds is 7. The number of halogens is 1. The Bertz CT molecular complexity index is 1210. The summed E-state index contributed by atoms with van der Waals surface area (Å²) in [5.74, 6) is -1.45. The van der Waals surface area contributed by atoms with Crippen molar-refractivity contribution in [2.24, 2.45) is 4.99 Å². The van der Waals surface area contributed by atoms with Gasteiger partial charge in [0.1, 0.15) is 11.6 Å². The van der Waals surface area contributed by atoms with Crippen LogP contribution in [0.4, 0.5) is 5.69 Å². The molecule has 10 heteroatoms. The number of likely N-dealkylation sites (tertiary alicyclic amines) is 1. The van der Waals surface area contributed by atoms with Gasteiger partial charge in [0.15, 0.2) is 0 Å². The molecule has 0 saturated carbocycles. The molecule has 32 heavy (non-hydrogen) atoms. The second kappa shape index (κ2) is 9.66. The van der Waals surface area contributed by atoms with E-state index in [0.29, 0.717) is 25.9 Å². The molecule has 1 aliphatic rings. The molecule has 0 aliphatic carbocycles. The molecule has 1 amide bonds. The minimum atomic E-state index is -1.14. The molecule has 2 aromatic rings. The van der Waals surface area contributed by atoms with E-state index in [0.717, 1.165) is 11.0 Å². The lowest BCUT2D eigenvalue weighted by molar-refractivity contribution is -0.127. The third-order valence-corrected chi connectivity index (χ3v) is 5.67. The topological polar surface area (TPSA) is 136 Å². The van der Waals surface area contributed by atoms with E-state index in [1.807, 2.05) is 6.07 Å². The lowest BCUT2D eigenvalue weighted by atomic mass is 10.1. The number of nitrogens with zero attached hydrogens (tertiary/aromatic N) is 4. The molecule has 1 saturated heterocycles. The number of aromatic carboxylic acids is 1. The SMILES string of the molecule is Cc1c(C=Nc2cc(C(=O)O)ccc2Cl)c(O)n(CCCN2CCCC2=O)c(=O)c1C#N. The smallest absolute Gasteiger partial charge is 0.335 e. The standard InChI is InChI=1S/C22H21ClN4O5/c1-13-15(11-24)20(29)27(9-3-8-26-7-2-4-19(26)28)21(30)16(13)12-25-18-10-14(22(31)32)5-6-17(18)23/h5-6,10,12,30H,2-4,7-9H2,1H3,(H,31,32). The molecule has 3 rings (SSSR count). The highest BCUT2D eigenvalue weighted by atomic mass is 35.5. The second-order valence-electron chi connectivity index (χ2n) is 7.37. The van der Waals surface area contributed by atoms with Gasteiger partial charge < -0.3 is 15.1 Å². The summed E-state index contributed by atoms with van der Waals surface area (Å²) in [7, 11) is 0. The highest BCUT2D eigenvalue weighted by Gasteiger charge is 2.21. The van der Waals surface area contributed by atoms with E-state index in [4.69, 9.17) is 16.7 Å². The summed E-state index contributed by atoms with van der Waals surface area (Å²) in [5, 5.41) is 29.6. The zero-order chi connectivity index (χ0) is 23.4. The van der Waals surface area contributed by atoms with Crippen LogP contribution in [0.2, 0.25) is 5.02 Å². The number of nitriles is 1. The third-order valence-electron chi connectivity index (χ3n) is 5.35. The molecule has 0 radical (unpaired) electrons. The normalized spacial score (nSPS) is 13.7. The molecule has 1 aromatic heterocycles. The average Bonchev–Trinajstić information content (AvgIpc) is 3.16. The van der Waals surface area contributed by atoms with Crippen molar-refractivity contribution in [2.75, 3.05) is 13.1 Å². The molecule has 2 N–H and O–H groups in total. The summed E-state index contributed by atoms with van der Waals surface area (Å²) in [5.41, 5.74) is -0.216. The van der Waals surface area contributed by atoms with E-state index in [9.17, 15) is 24.8 Å². The first-order valence-corrected chi connectivity index (χ1v) is 10.3. The second-order valence-corrected chi connectivity index (χ2v) is 7.78. The third kappa shape index (κ3) is 4.65. The van der Waals surface area contributed by atoms with E-state index in [1.54, 1.807) is 4.90 Å². The van der Waals surface area contributed by atoms with Gasteiger partial charge in [0.25, 0.3) is 5.56 Å². The van der Waals surface area contributed by atoms with Gasteiger partial charge in [0, 0.05) is 32.3 Å². The number of aromatic nitrogens is 1. The molecule has 0 unspecified atom stereocenters. The van der Waals surface area contributed by atoms with E-state index < -0.39 is 11.5 Å². The van der Waals surface area contributed by atoms with Crippen molar-refractivity contribution < 1.29 is 19.8 Å². The molecule has 1 fully saturated rings. The first-order chi connectivity index (χ1) is 15.2. The Morgan fingerprint density at radius 3 is 2.72 bits per heavy atom. The van der Waals surface area contributed by atoms with E-state index in [1.165, 1.54) is 31.3 Å². The number of hydrogen-bond donors (Lipinski definition) is 2. The first-order valence-electron chi connectivity index (χ1n) is 9.95. The fourth-order valence-electron chi connectivity index (χ4n) is 3.57. The number of amides is 1. The maximum Gasteiger partial charge on any atom is 0.335 e. The van der Waals surface area contributed by atoms with E-state index in [2.05, 4.69) is 4.99 Å². The molecular weight excluding hydrogens is 436 g/mol. The van der Waals surface area contributed by atoms with Gasteiger partial charge in [-0.15, -0.1) is 0 Å². The van der Waals surface area contributed by atoms with Crippen LogP contribution < -0.4 is 5.56 Å². The molecule has 2 heterocycles. The minimum absolute atomic E-state index is 0.0124. The molecule has 0 atom stereocenters. The lowest BCUT2D eigenvalue weighted by Crippen LogP contribution is -2.29. The monoisotopic (exact) mass is 456 g/mol. The van der Waals surface area contributed by atoms with Crippen molar-refractivity contribution >= 4 is 35.4 Å². The summed E-state index contributed by atoms with van der Waals surface area (Å²) < 4.78 is 1.09. The van der Waals surface area contributed by atoms with E-state index >= 15 is 0 Å². The number of carbonyl (C=O) groups excluding carboxylic acids is 1. The Morgan fingerprint density at radius 1 is 1.34 bits per heavy atom. The highest BCUT2D eigenvalue weighted by Crippen LogP contribution is 2.27. The Balaban J connectivity index is 1.95. The Kier molecular flexibility index (Phi) is 6.95. The maximum atomic E-state index is 12.7. The lowest BCUT2D eigenvalue weighted by Gasteiger charge is -2.17. The van der Waals surface area contributed by atoms with Gasteiger partial charge in [-0.1, -0.05) is 11.6 Å². The van der Waals surface area contributed by atoms with Crippen molar-refractivity contribution in [1.29, 1.82) is 5.26 Å². The molecule has 1 aliphatic heterocycles. The predicted octanol–water partition coefficient (Wildman–Crippen LogP) is 2.85. The number of benzene rings is 1. The van der Waals surface area contributed by atoms with E-state index in [-0.39, 0.29) is 51.3 Å². The Hall–Kier alpha value is -3.64. The number of carboxylic acids is 1. The van der Waals surface area contributed by atoms with Crippen LogP contribution >= 0.6 is 11.6 Å². The fourth-order valence-corrected chi connectivity index (χ4v) is 3.74. The van der Waals surface area contributed by atoms with Crippen LogP contribution in [-0.2, 0) is 11.3 Å². The van der Waals surface area contributed by atoms with Crippen LogP contribution in [0.3, 0.4) is 0 Å². The highest BCUT2D eigenvalue weighted by molar-refractivity contribution is 6.33. The van der Waals surface area contributed by atoms with Crippen LogP contribution in [0, 0.1) is 18.3 Å². The number of hydrogen-bond acceptors (Lipinski definition) is 6. The van der Waals surface area contributed by atoms with Gasteiger partial charge in [-0.3, -0.25) is 19.1 Å². The van der Waals surface area contributed by atoms with Gasteiger partial charge in [0.2, 0.25) is 11.8 Å². The molecule has 0 spiro atoms. The Labute approximate surface area is 188 Å². The van der Waals surface area contributed by atoms with Crippen LogP contribution in [-0.4, -0.2) is 50.9 Å². The Morgan fingerprint density at radius 2 is 2.09 bits per heavy atom. The van der Waals surface area contributed by atoms with Gasteiger partial charge in [-0.25, -0.2) is 4.79 Å². The molecule has 9 nitrogen and oxygen atoms in total. The van der Waals surface area contributed by atoms with Crippen molar-refractivity contribution in [3.8, 4) is 11.9 Å². The van der Waals surface area contributed by atoms with Crippen molar-refractivity contribution in [2.45, 2.75) is 32.7 Å². The van der Waals surface area contributed by atoms with Gasteiger partial charge >= 0.3 is 5.97 Å². The minimum Gasteiger partial charge on any atom is -0.494 e. The van der Waals surface area contributed by atoms with Crippen LogP contribution in [0.1, 0.15) is 46.3 Å². The molecule has 166 valence electrons. The van der Waals surface area contributed by atoms with Crippen LogP contribution in [0.25, 0.3) is 0 Å². The predicted molar refractivity (Wildman–Crippen MR) is 118 cm³/mol. The maximum absolute atomic E-state index is 12.7. The van der Waals surface area contributed by atoms with Gasteiger partial charge in [-0.05, 0) is 43.5 Å². The molecule has 1 aromatic carbocycles. The largest absolute Gasteiger partial charge is 0.494 e. The fraction of sp³-hybridized carbons (Fsp3) is 0.318. The van der Waals surface area contributed by atoms with Gasteiger partial charge in [-0.2, -0.15) is 5.26 Å². The van der Waals surface area contributed by atoms with Crippen LogP contribution in [0.15, 0.2) is 28.0 Å². The molecular formula is C22H21ClN4O5. The number of aromatic hydroxyl groups is 1. The number of carbonyl (C=O) groups is 2. The summed E-state index contributed by atoms with van der Waals surface area (Å²) in [4.78, 5) is 41.6. The first kappa shape index (κ1) is 23.0. The average molecular weight is 457 g/mol. The number of pyridine rings is 1. The van der Waals surface area contributed by atoms with Crippen molar-refractivity contribution in [3.63, 3.8) is 0 Å².